The molecule has 0 aromatic heterocycles. The summed E-state index contributed by atoms with van der Waals surface area (Å²) in [6.07, 6.45) is 4.55. The van der Waals surface area contributed by atoms with E-state index in [1.807, 2.05) is 39.0 Å². The van der Waals surface area contributed by atoms with Gasteiger partial charge in [0, 0.05) is 6.54 Å². The van der Waals surface area contributed by atoms with Crippen molar-refractivity contribution in [2.24, 2.45) is 11.3 Å². The van der Waals surface area contributed by atoms with Crippen molar-refractivity contribution in [3.63, 3.8) is 0 Å². The molecule has 0 radical (unpaired) electrons. The van der Waals surface area contributed by atoms with Crippen molar-refractivity contribution in [3.05, 3.63) is 23.8 Å². The van der Waals surface area contributed by atoms with Crippen LogP contribution in [0.2, 0.25) is 0 Å². The molecule has 5 heteroatoms. The van der Waals surface area contributed by atoms with Crippen molar-refractivity contribution in [3.8, 4) is 11.5 Å². The highest BCUT2D eigenvalue weighted by Gasteiger charge is 2.49. The highest BCUT2D eigenvalue weighted by molar-refractivity contribution is 5.84. The smallest absolute Gasteiger partial charge is 0.228 e. The van der Waals surface area contributed by atoms with Gasteiger partial charge in [-0.1, -0.05) is 18.9 Å². The molecule has 26 heavy (non-hydrogen) atoms. The Balaban J connectivity index is 1.74. The lowest BCUT2D eigenvalue weighted by Crippen LogP contribution is -2.48. The monoisotopic (exact) mass is 360 g/mol. The van der Waals surface area contributed by atoms with Gasteiger partial charge >= 0.3 is 0 Å². The average Bonchev–Trinajstić information content (AvgIpc) is 3.09. The number of ether oxygens (including phenoxy) is 2. The van der Waals surface area contributed by atoms with E-state index in [-0.39, 0.29) is 17.4 Å². The zero-order chi connectivity index (χ0) is 18.6. The van der Waals surface area contributed by atoms with Crippen molar-refractivity contribution in [1.29, 1.82) is 0 Å². The van der Waals surface area contributed by atoms with Gasteiger partial charge in [0.15, 0.2) is 11.5 Å². The summed E-state index contributed by atoms with van der Waals surface area (Å²) in [4.78, 5) is 13.2. The molecule has 1 aliphatic carbocycles. The molecule has 3 rings (SSSR count). The predicted molar refractivity (Wildman–Crippen MR) is 103 cm³/mol. The third kappa shape index (κ3) is 3.68. The summed E-state index contributed by atoms with van der Waals surface area (Å²) >= 11 is 0. The van der Waals surface area contributed by atoms with Crippen LogP contribution >= 0.6 is 0 Å². The van der Waals surface area contributed by atoms with Crippen LogP contribution in [0.4, 0.5) is 0 Å². The van der Waals surface area contributed by atoms with Crippen LogP contribution in [0.15, 0.2) is 18.2 Å². The summed E-state index contributed by atoms with van der Waals surface area (Å²) in [5.74, 6) is 2.17. The maximum Gasteiger partial charge on any atom is 0.228 e. The first-order valence-electron chi connectivity index (χ1n) is 10.0. The average molecular weight is 360 g/mol. The van der Waals surface area contributed by atoms with Crippen LogP contribution in [0.1, 0.15) is 58.1 Å². The van der Waals surface area contributed by atoms with Gasteiger partial charge < -0.3 is 20.1 Å². The minimum absolute atomic E-state index is 0.0602. The van der Waals surface area contributed by atoms with E-state index in [0.717, 1.165) is 49.4 Å². The maximum atomic E-state index is 13.2. The zero-order valence-corrected chi connectivity index (χ0v) is 16.3. The van der Waals surface area contributed by atoms with Crippen molar-refractivity contribution in [1.82, 2.24) is 10.6 Å². The number of hydrogen-bond acceptors (Lipinski definition) is 4. The second-order valence-electron chi connectivity index (χ2n) is 7.50. The summed E-state index contributed by atoms with van der Waals surface area (Å²) in [6, 6.07) is 5.88. The van der Waals surface area contributed by atoms with Crippen LogP contribution in [0.5, 0.6) is 11.5 Å². The standard InChI is InChI=1S/C21H32N2O3/c1-4-25-18-10-9-16(12-19(18)26-5-2)15(3)23-20(24)21-11-7-6-8-17(21)13-22-14-21/h9-10,12,15,17,22H,4-8,11,13-14H2,1-3H3,(H,23,24)/t15?,17-,21+/m0/s1. The molecule has 1 aromatic rings. The lowest BCUT2D eigenvalue weighted by molar-refractivity contribution is -0.134. The molecule has 144 valence electrons. The van der Waals surface area contributed by atoms with Crippen LogP contribution in [0.25, 0.3) is 0 Å². The highest BCUT2D eigenvalue weighted by atomic mass is 16.5. The summed E-state index contributed by atoms with van der Waals surface area (Å²) in [6.45, 7) is 8.93. The van der Waals surface area contributed by atoms with E-state index < -0.39 is 0 Å². The van der Waals surface area contributed by atoms with Crippen molar-refractivity contribution >= 4 is 5.91 Å². The highest BCUT2D eigenvalue weighted by Crippen LogP contribution is 2.44. The second-order valence-corrected chi connectivity index (χ2v) is 7.50. The Morgan fingerprint density at radius 3 is 2.81 bits per heavy atom. The quantitative estimate of drug-likeness (QED) is 0.782. The lowest BCUT2D eigenvalue weighted by atomic mass is 9.67. The van der Waals surface area contributed by atoms with Crippen molar-refractivity contribution < 1.29 is 14.3 Å². The largest absolute Gasteiger partial charge is 0.490 e. The Morgan fingerprint density at radius 2 is 2.04 bits per heavy atom. The second kappa shape index (κ2) is 8.30. The summed E-state index contributed by atoms with van der Waals surface area (Å²) < 4.78 is 11.4. The van der Waals surface area contributed by atoms with Gasteiger partial charge in [-0.15, -0.1) is 0 Å². The third-order valence-electron chi connectivity index (χ3n) is 5.91. The van der Waals surface area contributed by atoms with Crippen LogP contribution in [0.3, 0.4) is 0 Å². The molecule has 1 saturated carbocycles. The fourth-order valence-electron chi connectivity index (χ4n) is 4.45. The van der Waals surface area contributed by atoms with Crippen LogP contribution in [-0.2, 0) is 4.79 Å². The molecule has 0 spiro atoms. The van der Waals surface area contributed by atoms with E-state index in [9.17, 15) is 4.79 Å². The Labute approximate surface area is 156 Å². The number of carbonyl (C=O) groups excluding carboxylic acids is 1. The van der Waals surface area contributed by atoms with Crippen molar-refractivity contribution in [2.45, 2.75) is 52.5 Å². The topological polar surface area (TPSA) is 59.6 Å². The van der Waals surface area contributed by atoms with Gasteiger partial charge in [-0.3, -0.25) is 4.79 Å². The van der Waals surface area contributed by atoms with Gasteiger partial charge in [-0.05, 0) is 63.8 Å². The molecular formula is C21H32N2O3. The number of benzene rings is 1. The zero-order valence-electron chi connectivity index (χ0n) is 16.3. The number of fused-ring (bicyclic) bond motifs is 1. The van der Waals surface area contributed by atoms with Crippen LogP contribution in [0, 0.1) is 11.3 Å². The Bertz CT molecular complexity index is 634. The molecule has 1 aromatic carbocycles. The van der Waals surface area contributed by atoms with Gasteiger partial charge in [-0.2, -0.15) is 0 Å². The Kier molecular flexibility index (Phi) is 6.07. The lowest BCUT2D eigenvalue weighted by Gasteiger charge is -2.38. The van der Waals surface area contributed by atoms with E-state index in [0.29, 0.717) is 19.1 Å². The summed E-state index contributed by atoms with van der Waals surface area (Å²) in [7, 11) is 0. The Morgan fingerprint density at radius 1 is 1.27 bits per heavy atom. The molecule has 1 saturated heterocycles. The number of rotatable bonds is 7. The minimum Gasteiger partial charge on any atom is -0.490 e. The van der Waals surface area contributed by atoms with Crippen molar-refractivity contribution in [2.75, 3.05) is 26.3 Å². The SMILES string of the molecule is CCOc1ccc(C(C)NC(=O)[C@@]23CCCC[C@H]2CNC3)cc1OCC. The van der Waals surface area contributed by atoms with E-state index in [2.05, 4.69) is 10.6 Å². The van der Waals surface area contributed by atoms with E-state index in [1.165, 1.54) is 6.42 Å². The third-order valence-corrected chi connectivity index (χ3v) is 5.91. The first-order valence-corrected chi connectivity index (χ1v) is 10.0. The minimum atomic E-state index is -0.222. The Hall–Kier alpha value is -1.75. The molecular weight excluding hydrogens is 328 g/mol. The van der Waals surface area contributed by atoms with Gasteiger partial charge in [0.2, 0.25) is 5.91 Å². The number of hydrogen-bond donors (Lipinski definition) is 2. The molecule has 2 fully saturated rings. The van der Waals surface area contributed by atoms with Crippen LogP contribution in [-0.4, -0.2) is 32.2 Å². The van der Waals surface area contributed by atoms with Gasteiger partial charge in [0.1, 0.15) is 0 Å². The first-order chi connectivity index (χ1) is 12.6. The van der Waals surface area contributed by atoms with E-state index >= 15 is 0 Å². The number of amides is 1. The number of nitrogens with one attached hydrogen (secondary N) is 2. The molecule has 5 nitrogen and oxygen atoms in total. The first kappa shape index (κ1) is 19.0. The predicted octanol–water partition coefficient (Wildman–Crippen LogP) is 3.44. The number of carbonyl (C=O) groups is 1. The molecule has 0 bridgehead atoms. The van der Waals surface area contributed by atoms with Gasteiger partial charge in [-0.25, -0.2) is 0 Å². The molecule has 1 unspecified atom stereocenters. The molecule has 2 aliphatic rings. The molecule has 1 heterocycles. The van der Waals surface area contributed by atoms with E-state index in [1.54, 1.807) is 0 Å². The van der Waals surface area contributed by atoms with Crippen LogP contribution < -0.4 is 20.1 Å². The fourth-order valence-corrected chi connectivity index (χ4v) is 4.45. The molecule has 2 N–H and O–H groups in total. The molecule has 1 aliphatic heterocycles. The molecule has 3 atom stereocenters. The maximum absolute atomic E-state index is 13.2. The van der Waals surface area contributed by atoms with Gasteiger partial charge in [0.05, 0.1) is 24.7 Å². The van der Waals surface area contributed by atoms with E-state index in [4.69, 9.17) is 9.47 Å². The molecule has 1 amide bonds. The normalized spacial score (nSPS) is 26.0. The summed E-state index contributed by atoms with van der Waals surface area (Å²) in [5.41, 5.74) is 0.820. The summed E-state index contributed by atoms with van der Waals surface area (Å²) in [5, 5.41) is 6.72. The van der Waals surface area contributed by atoms with Gasteiger partial charge in [0.25, 0.3) is 0 Å². The fraction of sp³-hybridized carbons (Fsp3) is 0.667.